The van der Waals surface area contributed by atoms with Crippen molar-refractivity contribution < 1.29 is 0 Å². The molecule has 0 aliphatic rings. The van der Waals surface area contributed by atoms with E-state index >= 15 is 0 Å². The second-order valence-corrected chi connectivity index (χ2v) is 13.3. The third-order valence-electron chi connectivity index (χ3n) is 10.4. The van der Waals surface area contributed by atoms with Gasteiger partial charge in [0, 0.05) is 33.1 Å². The van der Waals surface area contributed by atoms with Crippen LogP contribution < -0.4 is 4.90 Å². The van der Waals surface area contributed by atoms with Crippen LogP contribution >= 0.6 is 0 Å². The van der Waals surface area contributed by atoms with E-state index in [4.69, 9.17) is 0 Å². The van der Waals surface area contributed by atoms with Gasteiger partial charge in [-0.25, -0.2) is 0 Å². The smallest absolute Gasteiger partial charge is 0.0547 e. The third kappa shape index (κ3) is 4.96. The van der Waals surface area contributed by atoms with Crippen LogP contribution in [0.3, 0.4) is 0 Å². The molecule has 244 valence electrons. The second kappa shape index (κ2) is 12.5. The molecule has 0 atom stereocenters. The van der Waals surface area contributed by atoms with Crippen LogP contribution in [0.25, 0.3) is 71.3 Å². The molecule has 2 heteroatoms. The number of hydrogen-bond acceptors (Lipinski definition) is 1. The molecule has 1 aromatic heterocycles. The van der Waals surface area contributed by atoms with E-state index in [1.54, 1.807) is 0 Å². The lowest BCUT2D eigenvalue weighted by atomic mass is 9.95. The minimum Gasteiger partial charge on any atom is -0.310 e. The van der Waals surface area contributed by atoms with Crippen LogP contribution in [0.5, 0.6) is 0 Å². The molecule has 1 heterocycles. The molecule has 0 saturated carbocycles. The molecule has 0 radical (unpaired) electrons. The fourth-order valence-electron chi connectivity index (χ4n) is 7.99. The highest BCUT2D eigenvalue weighted by Gasteiger charge is 2.20. The Bertz CT molecular complexity index is 2840. The van der Waals surface area contributed by atoms with Crippen LogP contribution in [-0.4, -0.2) is 4.57 Å². The van der Waals surface area contributed by atoms with Gasteiger partial charge in [0.1, 0.15) is 0 Å². The predicted octanol–water partition coefficient (Wildman–Crippen LogP) is 13.9. The third-order valence-corrected chi connectivity index (χ3v) is 10.4. The van der Waals surface area contributed by atoms with E-state index in [2.05, 4.69) is 216 Å². The van der Waals surface area contributed by atoms with Gasteiger partial charge in [-0.2, -0.15) is 0 Å². The van der Waals surface area contributed by atoms with E-state index in [0.29, 0.717) is 0 Å². The molecule has 0 fully saturated rings. The van der Waals surface area contributed by atoms with Gasteiger partial charge < -0.3 is 9.47 Å². The minimum atomic E-state index is 1.10. The minimum absolute atomic E-state index is 1.10. The van der Waals surface area contributed by atoms with Crippen LogP contribution in [0, 0.1) is 0 Å². The molecule has 0 bridgehead atoms. The van der Waals surface area contributed by atoms with Gasteiger partial charge in [-0.3, -0.25) is 0 Å². The van der Waals surface area contributed by atoms with Crippen molar-refractivity contribution >= 4 is 60.4 Å². The Morgan fingerprint density at radius 1 is 0.327 bits per heavy atom. The molecule has 0 aliphatic heterocycles. The van der Waals surface area contributed by atoms with E-state index in [9.17, 15) is 0 Å². The van der Waals surface area contributed by atoms with Crippen molar-refractivity contribution in [3.8, 4) is 27.9 Å². The number of benzene rings is 9. The van der Waals surface area contributed by atoms with Crippen LogP contribution in [0.1, 0.15) is 0 Å². The molecular formula is C50H34N2. The Balaban J connectivity index is 1.18. The Kier molecular flexibility index (Phi) is 7.18. The average molecular weight is 663 g/mol. The molecule has 0 aliphatic carbocycles. The molecule has 10 aromatic rings. The maximum absolute atomic E-state index is 2.44. The molecule has 0 unspecified atom stereocenters. The highest BCUT2D eigenvalue weighted by Crippen LogP contribution is 2.43. The van der Waals surface area contributed by atoms with Crippen molar-refractivity contribution in [2.24, 2.45) is 0 Å². The summed E-state index contributed by atoms with van der Waals surface area (Å²) in [5.41, 5.74) is 11.7. The first-order valence-electron chi connectivity index (χ1n) is 17.9. The average Bonchev–Trinajstić information content (AvgIpc) is 3.56. The van der Waals surface area contributed by atoms with Gasteiger partial charge in [0.05, 0.1) is 22.4 Å². The first kappa shape index (κ1) is 30.0. The zero-order valence-electron chi connectivity index (χ0n) is 28.5. The molecule has 2 nitrogen and oxygen atoms in total. The van der Waals surface area contributed by atoms with E-state index in [1.165, 1.54) is 71.3 Å². The normalized spacial score (nSPS) is 11.5. The number of para-hydroxylation sites is 2. The van der Waals surface area contributed by atoms with Gasteiger partial charge >= 0.3 is 0 Å². The Hall–Kier alpha value is -6.90. The predicted molar refractivity (Wildman–Crippen MR) is 221 cm³/mol. The van der Waals surface area contributed by atoms with Crippen molar-refractivity contribution in [2.75, 3.05) is 4.90 Å². The summed E-state index contributed by atoms with van der Waals surface area (Å²) in [4.78, 5) is 2.40. The summed E-state index contributed by atoms with van der Waals surface area (Å²) < 4.78 is 2.44. The lowest BCUT2D eigenvalue weighted by Crippen LogP contribution is -2.10. The molecule has 0 N–H and O–H groups in total. The van der Waals surface area contributed by atoms with E-state index in [-0.39, 0.29) is 0 Å². The van der Waals surface area contributed by atoms with Crippen molar-refractivity contribution in [3.05, 3.63) is 206 Å². The lowest BCUT2D eigenvalue weighted by Gasteiger charge is -2.27. The van der Waals surface area contributed by atoms with Gasteiger partial charge in [0.2, 0.25) is 0 Å². The molecule has 52 heavy (non-hydrogen) atoms. The van der Waals surface area contributed by atoms with Crippen molar-refractivity contribution in [1.29, 1.82) is 0 Å². The largest absolute Gasteiger partial charge is 0.310 e. The highest BCUT2D eigenvalue weighted by atomic mass is 15.1. The first-order valence-corrected chi connectivity index (χ1v) is 17.9. The SMILES string of the molecule is c1ccc(-c2cccc(N(c3ccc(-c4c(-n5c6ccccc6c6ccccc65)ccc5ccccc45)cc3)c3cccc4ccccc34)c2)cc1. The summed E-state index contributed by atoms with van der Waals surface area (Å²) in [5.74, 6) is 0. The van der Waals surface area contributed by atoms with Gasteiger partial charge in [-0.15, -0.1) is 0 Å². The van der Waals surface area contributed by atoms with Gasteiger partial charge in [0.25, 0.3) is 0 Å². The van der Waals surface area contributed by atoms with Gasteiger partial charge in [-0.1, -0.05) is 158 Å². The first-order chi connectivity index (χ1) is 25.8. The second-order valence-electron chi connectivity index (χ2n) is 13.3. The Labute approximate surface area is 303 Å². The molecule has 9 aromatic carbocycles. The number of fused-ring (bicyclic) bond motifs is 5. The maximum Gasteiger partial charge on any atom is 0.0547 e. The summed E-state index contributed by atoms with van der Waals surface area (Å²) in [6.45, 7) is 0. The molecule has 0 saturated heterocycles. The fraction of sp³-hybridized carbons (Fsp3) is 0. The number of hydrogen-bond donors (Lipinski definition) is 0. The lowest BCUT2D eigenvalue weighted by molar-refractivity contribution is 1.19. The number of rotatable bonds is 6. The standard InChI is InChI=1S/C50H34N2/c1-2-14-35(15-3-1)39-19-12-20-41(34-39)51(46-27-13-18-36-16-4-6-21-42(36)46)40-31-28-38(29-32-40)50-43-22-7-5-17-37(43)30-33-49(50)52-47-25-10-8-23-44(47)45-24-9-11-26-48(45)52/h1-34H. The molecule has 0 spiro atoms. The summed E-state index contributed by atoms with van der Waals surface area (Å²) in [5, 5.41) is 7.40. The topological polar surface area (TPSA) is 8.17 Å². The Morgan fingerprint density at radius 3 is 1.62 bits per heavy atom. The zero-order valence-corrected chi connectivity index (χ0v) is 28.5. The summed E-state index contributed by atoms with van der Waals surface area (Å²) in [6, 6.07) is 74.7. The molecule has 0 amide bonds. The summed E-state index contributed by atoms with van der Waals surface area (Å²) in [6.07, 6.45) is 0. The van der Waals surface area contributed by atoms with Crippen LogP contribution in [0.15, 0.2) is 206 Å². The van der Waals surface area contributed by atoms with Crippen LogP contribution in [-0.2, 0) is 0 Å². The fourth-order valence-corrected chi connectivity index (χ4v) is 7.99. The maximum atomic E-state index is 2.44. The summed E-state index contributed by atoms with van der Waals surface area (Å²) >= 11 is 0. The number of nitrogens with zero attached hydrogens (tertiary/aromatic N) is 2. The van der Waals surface area contributed by atoms with Gasteiger partial charge in [0.15, 0.2) is 0 Å². The monoisotopic (exact) mass is 662 g/mol. The Morgan fingerprint density at radius 2 is 0.885 bits per heavy atom. The van der Waals surface area contributed by atoms with Crippen LogP contribution in [0.4, 0.5) is 17.1 Å². The van der Waals surface area contributed by atoms with Crippen molar-refractivity contribution in [2.45, 2.75) is 0 Å². The van der Waals surface area contributed by atoms with Crippen LogP contribution in [0.2, 0.25) is 0 Å². The molecular weight excluding hydrogens is 629 g/mol. The number of aromatic nitrogens is 1. The number of anilines is 3. The van der Waals surface area contributed by atoms with E-state index < -0.39 is 0 Å². The molecule has 10 rings (SSSR count). The highest BCUT2D eigenvalue weighted by molar-refractivity contribution is 6.11. The zero-order chi connectivity index (χ0) is 34.4. The van der Waals surface area contributed by atoms with Gasteiger partial charge in [-0.05, 0) is 81.4 Å². The van der Waals surface area contributed by atoms with Crippen molar-refractivity contribution in [3.63, 3.8) is 0 Å². The quantitative estimate of drug-likeness (QED) is 0.172. The van der Waals surface area contributed by atoms with E-state index in [1.807, 2.05) is 0 Å². The summed E-state index contributed by atoms with van der Waals surface area (Å²) in [7, 11) is 0. The van der Waals surface area contributed by atoms with Crippen molar-refractivity contribution in [1.82, 2.24) is 4.57 Å². The van der Waals surface area contributed by atoms with E-state index in [0.717, 1.165) is 17.1 Å².